The maximum atomic E-state index is 13.3. The standard InChI is InChI=1S/C23H29N3O4S/c27-23(24-14-9-17-25-15-7-2-8-16-25)22-18-26(20-12-5-6-13-21(20)30-22)31(28,29)19-10-3-1-4-11-19/h1,3-6,10-13,22H,2,7-9,14-18H2,(H,24,27)/t22-/m0/s1. The second-order valence-corrected chi connectivity index (χ2v) is 9.83. The first-order valence-electron chi connectivity index (χ1n) is 10.9. The Bertz CT molecular complexity index is 991. The van der Waals surface area contributed by atoms with E-state index in [1.807, 2.05) is 0 Å². The van der Waals surface area contributed by atoms with Crippen molar-refractivity contribution in [2.45, 2.75) is 36.7 Å². The van der Waals surface area contributed by atoms with E-state index in [-0.39, 0.29) is 17.3 Å². The molecule has 1 amide bonds. The van der Waals surface area contributed by atoms with Crippen LogP contribution in [-0.4, -0.2) is 58.1 Å². The van der Waals surface area contributed by atoms with Crippen molar-refractivity contribution in [3.8, 4) is 5.75 Å². The normalized spacial score (nSPS) is 19.4. The minimum absolute atomic E-state index is 0.0633. The fourth-order valence-electron chi connectivity index (χ4n) is 4.10. The highest BCUT2D eigenvalue weighted by molar-refractivity contribution is 7.92. The predicted octanol–water partition coefficient (Wildman–Crippen LogP) is 2.64. The topological polar surface area (TPSA) is 79.0 Å². The van der Waals surface area contributed by atoms with E-state index in [0.717, 1.165) is 26.1 Å². The minimum atomic E-state index is -3.81. The lowest BCUT2D eigenvalue weighted by atomic mass is 10.1. The van der Waals surface area contributed by atoms with Crippen LogP contribution in [-0.2, 0) is 14.8 Å². The van der Waals surface area contributed by atoms with E-state index in [9.17, 15) is 13.2 Å². The summed E-state index contributed by atoms with van der Waals surface area (Å²) in [4.78, 5) is 15.4. The van der Waals surface area contributed by atoms with Crippen LogP contribution in [0.1, 0.15) is 25.7 Å². The maximum absolute atomic E-state index is 13.3. The first-order valence-corrected chi connectivity index (χ1v) is 12.3. The molecule has 1 N–H and O–H groups in total. The fraction of sp³-hybridized carbons (Fsp3) is 0.435. The van der Waals surface area contributed by atoms with Crippen LogP contribution in [0, 0.1) is 0 Å². The lowest BCUT2D eigenvalue weighted by Crippen LogP contribution is -2.51. The molecule has 166 valence electrons. The number of hydrogen-bond acceptors (Lipinski definition) is 5. The van der Waals surface area contributed by atoms with Gasteiger partial charge in [0, 0.05) is 6.54 Å². The SMILES string of the molecule is O=C(NCCCN1CCCCC1)[C@@H]1CN(S(=O)(=O)c2ccccc2)c2ccccc2O1. The third-order valence-electron chi connectivity index (χ3n) is 5.76. The van der Waals surface area contributed by atoms with Crippen molar-refractivity contribution in [1.82, 2.24) is 10.2 Å². The number of rotatable bonds is 7. The van der Waals surface area contributed by atoms with Gasteiger partial charge in [0.05, 0.1) is 17.1 Å². The third-order valence-corrected chi connectivity index (χ3v) is 7.55. The van der Waals surface area contributed by atoms with Gasteiger partial charge >= 0.3 is 0 Å². The van der Waals surface area contributed by atoms with E-state index in [2.05, 4.69) is 10.2 Å². The monoisotopic (exact) mass is 443 g/mol. The van der Waals surface area contributed by atoms with Gasteiger partial charge in [-0.25, -0.2) is 8.42 Å². The second-order valence-electron chi connectivity index (χ2n) is 7.97. The number of anilines is 1. The average molecular weight is 444 g/mol. The van der Waals surface area contributed by atoms with Gasteiger partial charge in [0.2, 0.25) is 0 Å². The highest BCUT2D eigenvalue weighted by Gasteiger charge is 2.37. The van der Waals surface area contributed by atoms with Crippen LogP contribution in [0.25, 0.3) is 0 Å². The molecule has 0 bridgehead atoms. The number of carbonyl (C=O) groups is 1. The Hall–Kier alpha value is -2.58. The molecule has 8 heteroatoms. The molecule has 2 aliphatic rings. The Kier molecular flexibility index (Phi) is 6.77. The molecule has 0 aliphatic carbocycles. The van der Waals surface area contributed by atoms with Crippen molar-refractivity contribution in [2.75, 3.05) is 37.0 Å². The van der Waals surface area contributed by atoms with Gasteiger partial charge in [-0.1, -0.05) is 36.8 Å². The molecule has 31 heavy (non-hydrogen) atoms. The van der Waals surface area contributed by atoms with Gasteiger partial charge in [0.1, 0.15) is 5.75 Å². The number of carbonyl (C=O) groups excluding carboxylic acids is 1. The molecule has 7 nitrogen and oxygen atoms in total. The number of para-hydroxylation sites is 2. The summed E-state index contributed by atoms with van der Waals surface area (Å²) < 4.78 is 33.7. The molecule has 4 rings (SSSR count). The van der Waals surface area contributed by atoms with Crippen LogP contribution in [0.2, 0.25) is 0 Å². The molecule has 1 fully saturated rings. The van der Waals surface area contributed by atoms with Crippen LogP contribution in [0.5, 0.6) is 5.75 Å². The van der Waals surface area contributed by atoms with Crippen LogP contribution < -0.4 is 14.4 Å². The number of nitrogens with zero attached hydrogens (tertiary/aromatic N) is 2. The Labute approximate surface area is 184 Å². The summed E-state index contributed by atoms with van der Waals surface area (Å²) in [5, 5.41) is 2.92. The molecular formula is C23H29N3O4S. The summed E-state index contributed by atoms with van der Waals surface area (Å²) in [6.07, 6.45) is 3.75. The number of piperidine rings is 1. The molecule has 0 aromatic heterocycles. The van der Waals surface area contributed by atoms with E-state index >= 15 is 0 Å². The minimum Gasteiger partial charge on any atom is -0.476 e. The van der Waals surface area contributed by atoms with Crippen LogP contribution in [0.3, 0.4) is 0 Å². The van der Waals surface area contributed by atoms with Crippen molar-refractivity contribution >= 4 is 21.6 Å². The molecule has 0 radical (unpaired) electrons. The second kappa shape index (κ2) is 9.70. The molecule has 2 aliphatic heterocycles. The van der Waals surface area contributed by atoms with Gasteiger partial charge in [-0.05, 0) is 63.2 Å². The number of sulfonamides is 1. The number of fused-ring (bicyclic) bond motifs is 1. The van der Waals surface area contributed by atoms with E-state index in [0.29, 0.717) is 18.0 Å². The summed E-state index contributed by atoms with van der Waals surface area (Å²) in [5.41, 5.74) is 0.445. The maximum Gasteiger partial charge on any atom is 0.264 e. The summed E-state index contributed by atoms with van der Waals surface area (Å²) in [6, 6.07) is 15.2. The van der Waals surface area contributed by atoms with E-state index in [4.69, 9.17) is 4.74 Å². The van der Waals surface area contributed by atoms with Crippen molar-refractivity contribution in [2.24, 2.45) is 0 Å². The number of likely N-dealkylation sites (tertiary alicyclic amines) is 1. The van der Waals surface area contributed by atoms with E-state index < -0.39 is 16.1 Å². The first-order chi connectivity index (χ1) is 15.1. The third kappa shape index (κ3) is 5.02. The molecule has 1 saturated heterocycles. The Morgan fingerprint density at radius 3 is 2.48 bits per heavy atom. The largest absolute Gasteiger partial charge is 0.476 e. The van der Waals surface area contributed by atoms with Crippen LogP contribution in [0.4, 0.5) is 5.69 Å². The quantitative estimate of drug-likeness (QED) is 0.666. The lowest BCUT2D eigenvalue weighted by molar-refractivity contribution is -0.127. The zero-order valence-corrected chi connectivity index (χ0v) is 18.4. The van der Waals surface area contributed by atoms with Crippen LogP contribution in [0.15, 0.2) is 59.5 Å². The van der Waals surface area contributed by atoms with E-state index in [1.165, 1.54) is 23.6 Å². The molecule has 0 saturated carbocycles. The Morgan fingerprint density at radius 2 is 1.71 bits per heavy atom. The first kappa shape index (κ1) is 21.6. The fourth-order valence-corrected chi connectivity index (χ4v) is 5.59. The Morgan fingerprint density at radius 1 is 1.00 bits per heavy atom. The molecule has 0 spiro atoms. The summed E-state index contributed by atoms with van der Waals surface area (Å²) >= 11 is 0. The van der Waals surface area contributed by atoms with Crippen molar-refractivity contribution in [3.63, 3.8) is 0 Å². The van der Waals surface area contributed by atoms with E-state index in [1.54, 1.807) is 54.6 Å². The highest BCUT2D eigenvalue weighted by Crippen LogP contribution is 2.36. The zero-order chi connectivity index (χ0) is 21.7. The van der Waals surface area contributed by atoms with Gasteiger partial charge in [0.15, 0.2) is 6.10 Å². The van der Waals surface area contributed by atoms with Crippen LogP contribution >= 0.6 is 0 Å². The Balaban J connectivity index is 1.43. The van der Waals surface area contributed by atoms with Crippen molar-refractivity contribution in [3.05, 3.63) is 54.6 Å². The molecule has 2 heterocycles. The number of amides is 1. The van der Waals surface area contributed by atoms with Gasteiger partial charge in [-0.2, -0.15) is 0 Å². The number of nitrogens with one attached hydrogen (secondary N) is 1. The summed E-state index contributed by atoms with van der Waals surface area (Å²) in [5.74, 6) is 0.100. The highest BCUT2D eigenvalue weighted by atomic mass is 32.2. The lowest BCUT2D eigenvalue weighted by Gasteiger charge is -2.34. The molecule has 1 atom stereocenters. The molecular weight excluding hydrogens is 414 g/mol. The van der Waals surface area contributed by atoms with Gasteiger partial charge < -0.3 is 15.0 Å². The summed E-state index contributed by atoms with van der Waals surface area (Å²) in [7, 11) is -3.81. The molecule has 2 aromatic carbocycles. The molecule has 0 unspecified atom stereocenters. The summed E-state index contributed by atoms with van der Waals surface area (Å²) in [6.45, 7) is 3.70. The number of hydrogen-bond donors (Lipinski definition) is 1. The predicted molar refractivity (Wildman–Crippen MR) is 120 cm³/mol. The zero-order valence-electron chi connectivity index (χ0n) is 17.6. The van der Waals surface area contributed by atoms with Crippen molar-refractivity contribution in [1.29, 1.82) is 0 Å². The molecule has 2 aromatic rings. The number of benzene rings is 2. The van der Waals surface area contributed by atoms with Gasteiger partial charge in [-0.15, -0.1) is 0 Å². The van der Waals surface area contributed by atoms with Gasteiger partial charge in [-0.3, -0.25) is 9.10 Å². The van der Waals surface area contributed by atoms with Crippen molar-refractivity contribution < 1.29 is 17.9 Å². The van der Waals surface area contributed by atoms with Gasteiger partial charge in [0.25, 0.3) is 15.9 Å². The smallest absolute Gasteiger partial charge is 0.264 e. The average Bonchev–Trinajstić information content (AvgIpc) is 2.82. The number of ether oxygens (including phenoxy) is 1.